The van der Waals surface area contributed by atoms with Gasteiger partial charge in [-0.1, -0.05) is 42.5 Å². The first-order valence-electron chi connectivity index (χ1n) is 9.90. The Kier molecular flexibility index (Phi) is 7.34. The summed E-state index contributed by atoms with van der Waals surface area (Å²) in [4.78, 5) is 26.7. The van der Waals surface area contributed by atoms with Crippen molar-refractivity contribution < 1.29 is 19.4 Å². The van der Waals surface area contributed by atoms with Crippen molar-refractivity contribution in [2.45, 2.75) is 13.1 Å². The molecule has 3 amide bonds. The minimum Gasteiger partial charge on any atom is -0.334 e. The van der Waals surface area contributed by atoms with E-state index < -0.39 is 6.03 Å². The van der Waals surface area contributed by atoms with Crippen LogP contribution in [0.15, 0.2) is 54.6 Å². The van der Waals surface area contributed by atoms with Crippen LogP contribution < -0.4 is 20.4 Å². The number of benzene rings is 2. The number of quaternary nitrogens is 2. The molecular formula is C22H27N5O2+2. The van der Waals surface area contributed by atoms with Crippen LogP contribution in [0.4, 0.5) is 4.79 Å². The summed E-state index contributed by atoms with van der Waals surface area (Å²) >= 11 is 0. The van der Waals surface area contributed by atoms with Crippen LogP contribution in [0.5, 0.6) is 0 Å². The van der Waals surface area contributed by atoms with Crippen LogP contribution in [0.3, 0.4) is 0 Å². The molecule has 1 aliphatic rings. The molecule has 1 heterocycles. The van der Waals surface area contributed by atoms with Gasteiger partial charge in [-0.15, -0.1) is 0 Å². The van der Waals surface area contributed by atoms with Crippen LogP contribution in [0.25, 0.3) is 0 Å². The van der Waals surface area contributed by atoms with E-state index in [4.69, 9.17) is 5.26 Å². The van der Waals surface area contributed by atoms with Crippen LogP contribution in [-0.2, 0) is 17.9 Å². The Hall–Kier alpha value is -3.21. The van der Waals surface area contributed by atoms with Crippen molar-refractivity contribution in [1.29, 1.82) is 5.26 Å². The summed E-state index contributed by atoms with van der Waals surface area (Å²) in [6.45, 7) is 5.36. The molecule has 2 aromatic rings. The van der Waals surface area contributed by atoms with Crippen molar-refractivity contribution in [1.82, 2.24) is 10.6 Å². The number of carbonyl (C=O) groups is 2. The number of hydrogen-bond acceptors (Lipinski definition) is 3. The minimum absolute atomic E-state index is 0.249. The van der Waals surface area contributed by atoms with Gasteiger partial charge in [0, 0.05) is 12.1 Å². The molecule has 0 aliphatic carbocycles. The number of nitrogens with one attached hydrogen (secondary N) is 4. The van der Waals surface area contributed by atoms with Gasteiger partial charge < -0.3 is 15.1 Å². The molecule has 2 aromatic carbocycles. The zero-order valence-corrected chi connectivity index (χ0v) is 16.4. The third-order valence-electron chi connectivity index (χ3n) is 5.16. The fourth-order valence-corrected chi connectivity index (χ4v) is 3.52. The third-order valence-corrected chi connectivity index (χ3v) is 5.16. The Labute approximate surface area is 170 Å². The highest BCUT2D eigenvalue weighted by Gasteiger charge is 2.25. The Bertz CT molecular complexity index is 853. The summed E-state index contributed by atoms with van der Waals surface area (Å²) in [6.07, 6.45) is 0. The summed E-state index contributed by atoms with van der Waals surface area (Å²) in [5.74, 6) is -0.249. The monoisotopic (exact) mass is 393 g/mol. The maximum Gasteiger partial charge on any atom is 0.321 e. The van der Waals surface area contributed by atoms with Gasteiger partial charge in [-0.25, -0.2) is 4.79 Å². The fraction of sp³-hybridized carbons (Fsp3) is 0.318. The van der Waals surface area contributed by atoms with E-state index in [0.29, 0.717) is 18.7 Å². The molecule has 29 heavy (non-hydrogen) atoms. The first-order chi connectivity index (χ1) is 14.1. The summed E-state index contributed by atoms with van der Waals surface area (Å²) in [5.41, 5.74) is 2.88. The molecule has 3 rings (SSSR count). The number of urea groups is 1. The molecule has 0 unspecified atom stereocenters. The number of carbonyl (C=O) groups excluding carboxylic acids is 2. The Morgan fingerprint density at radius 2 is 1.55 bits per heavy atom. The third kappa shape index (κ3) is 6.71. The number of amides is 3. The molecule has 0 aromatic heterocycles. The molecule has 0 bridgehead atoms. The largest absolute Gasteiger partial charge is 0.334 e. The van der Waals surface area contributed by atoms with Crippen molar-refractivity contribution in [2.24, 2.45) is 0 Å². The van der Waals surface area contributed by atoms with Gasteiger partial charge >= 0.3 is 6.03 Å². The lowest BCUT2D eigenvalue weighted by atomic mass is 10.1. The average molecular weight is 393 g/mol. The highest BCUT2D eigenvalue weighted by Crippen LogP contribution is 2.01. The van der Waals surface area contributed by atoms with E-state index in [2.05, 4.69) is 16.7 Å². The van der Waals surface area contributed by atoms with Gasteiger partial charge in [0.25, 0.3) is 5.91 Å². The minimum atomic E-state index is -0.455. The van der Waals surface area contributed by atoms with Crippen molar-refractivity contribution in [3.63, 3.8) is 0 Å². The lowest BCUT2D eigenvalue weighted by molar-refractivity contribution is -1.02. The van der Waals surface area contributed by atoms with E-state index in [9.17, 15) is 9.59 Å². The topological polar surface area (TPSA) is 90.9 Å². The van der Waals surface area contributed by atoms with E-state index in [1.807, 2.05) is 54.6 Å². The first kappa shape index (κ1) is 20.5. The second kappa shape index (κ2) is 10.4. The molecule has 0 saturated carbocycles. The molecule has 0 atom stereocenters. The van der Waals surface area contributed by atoms with Gasteiger partial charge in [0.15, 0.2) is 6.54 Å². The van der Waals surface area contributed by atoms with Gasteiger partial charge in [0.05, 0.1) is 11.6 Å². The van der Waals surface area contributed by atoms with Crippen molar-refractivity contribution in [3.8, 4) is 6.07 Å². The number of rotatable bonds is 6. The van der Waals surface area contributed by atoms with Crippen LogP contribution in [0.2, 0.25) is 0 Å². The predicted molar refractivity (Wildman–Crippen MR) is 108 cm³/mol. The van der Waals surface area contributed by atoms with Gasteiger partial charge in [0.2, 0.25) is 0 Å². The lowest BCUT2D eigenvalue weighted by Gasteiger charge is -2.29. The number of hydrogen-bond donors (Lipinski definition) is 4. The molecule has 7 nitrogen and oxygen atoms in total. The maximum atomic E-state index is 12.1. The predicted octanol–water partition coefficient (Wildman–Crippen LogP) is -1.13. The summed E-state index contributed by atoms with van der Waals surface area (Å²) in [7, 11) is 0. The van der Waals surface area contributed by atoms with Crippen LogP contribution in [0, 0.1) is 11.3 Å². The molecule has 1 saturated heterocycles. The maximum absolute atomic E-state index is 12.1. The highest BCUT2D eigenvalue weighted by molar-refractivity contribution is 5.94. The molecule has 0 spiro atoms. The molecule has 1 fully saturated rings. The van der Waals surface area contributed by atoms with E-state index >= 15 is 0 Å². The number of nitrogens with zero attached hydrogens (tertiary/aromatic N) is 1. The Morgan fingerprint density at radius 3 is 2.21 bits per heavy atom. The SMILES string of the molecule is N#Cc1ccc(C[NH+]2CC[NH+](CC(=O)NC(=O)NCc3ccccc3)CC2)cc1. The molecule has 1 aliphatic heterocycles. The molecule has 0 radical (unpaired) electrons. The first-order valence-corrected chi connectivity index (χ1v) is 9.90. The van der Waals surface area contributed by atoms with E-state index in [-0.39, 0.29) is 5.91 Å². The zero-order valence-electron chi connectivity index (χ0n) is 16.4. The highest BCUT2D eigenvalue weighted by atomic mass is 16.2. The van der Waals surface area contributed by atoms with E-state index in [1.54, 1.807) is 0 Å². The summed E-state index contributed by atoms with van der Waals surface area (Å²) in [6, 6.07) is 19.0. The normalized spacial score (nSPS) is 18.4. The molecular weight excluding hydrogens is 366 g/mol. The smallest absolute Gasteiger partial charge is 0.321 e. The van der Waals surface area contributed by atoms with Gasteiger partial charge in [0.1, 0.15) is 32.7 Å². The molecule has 4 N–H and O–H groups in total. The second-order valence-electron chi connectivity index (χ2n) is 7.38. The number of nitriles is 1. The Balaban J connectivity index is 1.34. The van der Waals surface area contributed by atoms with Crippen LogP contribution in [0.1, 0.15) is 16.7 Å². The molecule has 7 heteroatoms. The molecule has 150 valence electrons. The van der Waals surface area contributed by atoms with Gasteiger partial charge in [-0.05, 0) is 17.7 Å². The number of imide groups is 1. The average Bonchev–Trinajstić information content (AvgIpc) is 2.75. The second-order valence-corrected chi connectivity index (χ2v) is 7.38. The summed E-state index contributed by atoms with van der Waals surface area (Å²) < 4.78 is 0. The number of piperazine rings is 1. The van der Waals surface area contributed by atoms with E-state index in [1.165, 1.54) is 15.4 Å². The van der Waals surface area contributed by atoms with Crippen molar-refractivity contribution in [3.05, 3.63) is 71.3 Å². The lowest BCUT2D eigenvalue weighted by Crippen LogP contribution is -3.28. The quantitative estimate of drug-likeness (QED) is 0.501. The van der Waals surface area contributed by atoms with Crippen molar-refractivity contribution >= 4 is 11.9 Å². The van der Waals surface area contributed by atoms with Crippen LogP contribution >= 0.6 is 0 Å². The van der Waals surface area contributed by atoms with Crippen molar-refractivity contribution in [2.75, 3.05) is 32.7 Å². The zero-order chi connectivity index (χ0) is 20.5. The van der Waals surface area contributed by atoms with Gasteiger partial charge in [-0.2, -0.15) is 5.26 Å². The standard InChI is InChI=1S/C22H25N5O2/c23-14-18-6-8-20(9-7-18)16-26-10-12-27(13-11-26)17-21(28)25-22(29)24-15-19-4-2-1-3-5-19/h1-9H,10-13,15-17H2,(H2,24,25,28,29)/p+2. The van der Waals surface area contributed by atoms with Crippen LogP contribution in [-0.4, -0.2) is 44.7 Å². The summed E-state index contributed by atoms with van der Waals surface area (Å²) in [5, 5.41) is 14.0. The van der Waals surface area contributed by atoms with E-state index in [0.717, 1.165) is 38.3 Å². The van der Waals surface area contributed by atoms with Gasteiger partial charge in [-0.3, -0.25) is 10.1 Å². The Morgan fingerprint density at radius 1 is 0.897 bits per heavy atom. The fourth-order valence-electron chi connectivity index (χ4n) is 3.52.